The molecule has 0 amide bonds. The van der Waals surface area contributed by atoms with Gasteiger partial charge in [-0.1, -0.05) is 12.1 Å². The van der Waals surface area contributed by atoms with Crippen molar-refractivity contribution in [3.8, 4) is 0 Å². The molecule has 0 radical (unpaired) electrons. The van der Waals surface area contributed by atoms with Crippen molar-refractivity contribution in [2.45, 2.75) is 25.3 Å². The minimum absolute atomic E-state index is 0.0983. The van der Waals surface area contributed by atoms with Gasteiger partial charge in [0.05, 0.1) is 10.6 Å². The summed E-state index contributed by atoms with van der Waals surface area (Å²) in [5.41, 5.74) is 3.59. The Labute approximate surface area is 134 Å². The summed E-state index contributed by atoms with van der Waals surface area (Å²) in [6, 6.07) is 6.42. The first-order valence-electron chi connectivity index (χ1n) is 7.01. The molecule has 0 unspecified atom stereocenters. The second-order valence-electron chi connectivity index (χ2n) is 5.37. The Morgan fingerprint density at radius 1 is 1.22 bits per heavy atom. The molecule has 0 aliphatic rings. The van der Waals surface area contributed by atoms with Crippen LogP contribution >= 0.6 is 0 Å². The number of nitrogens with two attached hydrogens (primary N) is 1. The first-order chi connectivity index (χ1) is 10.8. The van der Waals surface area contributed by atoms with E-state index in [4.69, 9.17) is 5.14 Å². The van der Waals surface area contributed by atoms with Crippen molar-refractivity contribution in [1.82, 2.24) is 14.4 Å². The molecule has 0 aliphatic carbocycles. The van der Waals surface area contributed by atoms with Crippen molar-refractivity contribution >= 4 is 21.5 Å². The molecule has 7 nitrogen and oxygen atoms in total. The van der Waals surface area contributed by atoms with Gasteiger partial charge in [0.15, 0.2) is 11.5 Å². The minimum atomic E-state index is -3.66. The van der Waals surface area contributed by atoms with Crippen molar-refractivity contribution in [3.05, 3.63) is 53.6 Å². The van der Waals surface area contributed by atoms with Gasteiger partial charge < -0.3 is 5.32 Å². The molecule has 23 heavy (non-hydrogen) atoms. The smallest absolute Gasteiger partial charge is 0.238 e. The SMILES string of the molecule is Cc1cn2c(C)cnc2c(NCc2ccc(S(N)(=O)=O)cc2)n1. The summed E-state index contributed by atoms with van der Waals surface area (Å²) in [6.07, 6.45) is 3.73. The normalized spacial score (nSPS) is 11.8. The molecule has 0 aliphatic heterocycles. The third-order valence-electron chi connectivity index (χ3n) is 3.51. The van der Waals surface area contributed by atoms with Crippen molar-refractivity contribution in [2.75, 3.05) is 5.32 Å². The van der Waals surface area contributed by atoms with E-state index in [-0.39, 0.29) is 4.90 Å². The maximum absolute atomic E-state index is 11.3. The Morgan fingerprint density at radius 3 is 2.57 bits per heavy atom. The summed E-state index contributed by atoms with van der Waals surface area (Å²) in [4.78, 5) is 8.93. The topological polar surface area (TPSA) is 102 Å². The van der Waals surface area contributed by atoms with E-state index < -0.39 is 10.0 Å². The van der Waals surface area contributed by atoms with Crippen LogP contribution in [0.3, 0.4) is 0 Å². The van der Waals surface area contributed by atoms with Crippen LogP contribution in [0.1, 0.15) is 17.0 Å². The number of imidazole rings is 1. The maximum atomic E-state index is 11.3. The highest BCUT2D eigenvalue weighted by molar-refractivity contribution is 7.89. The van der Waals surface area contributed by atoms with Crippen molar-refractivity contribution in [1.29, 1.82) is 0 Å². The molecule has 8 heteroatoms. The molecule has 120 valence electrons. The zero-order valence-electron chi connectivity index (χ0n) is 12.8. The van der Waals surface area contributed by atoms with E-state index in [2.05, 4.69) is 15.3 Å². The fourth-order valence-corrected chi connectivity index (χ4v) is 2.84. The lowest BCUT2D eigenvalue weighted by Gasteiger charge is -2.09. The fourth-order valence-electron chi connectivity index (χ4n) is 2.33. The van der Waals surface area contributed by atoms with E-state index >= 15 is 0 Å². The summed E-state index contributed by atoms with van der Waals surface area (Å²) < 4.78 is 24.5. The van der Waals surface area contributed by atoms with Crippen LogP contribution in [0.15, 0.2) is 41.6 Å². The summed E-state index contributed by atoms with van der Waals surface area (Å²) in [5.74, 6) is 0.689. The highest BCUT2D eigenvalue weighted by Crippen LogP contribution is 2.17. The second kappa shape index (κ2) is 5.64. The molecule has 2 heterocycles. The summed E-state index contributed by atoms with van der Waals surface area (Å²) in [7, 11) is -3.66. The number of rotatable bonds is 4. The summed E-state index contributed by atoms with van der Waals surface area (Å²) in [5, 5.41) is 8.33. The number of hydrogen-bond donors (Lipinski definition) is 2. The molecule has 0 saturated carbocycles. The highest BCUT2D eigenvalue weighted by Gasteiger charge is 2.09. The molecule has 0 atom stereocenters. The van der Waals surface area contributed by atoms with Gasteiger partial charge in [0.2, 0.25) is 10.0 Å². The van der Waals surface area contributed by atoms with E-state index in [1.165, 1.54) is 12.1 Å². The van der Waals surface area contributed by atoms with Crippen LogP contribution in [0.25, 0.3) is 5.65 Å². The number of aromatic nitrogens is 3. The van der Waals surface area contributed by atoms with E-state index in [1.54, 1.807) is 18.3 Å². The number of aryl methyl sites for hydroxylation is 2. The van der Waals surface area contributed by atoms with E-state index in [9.17, 15) is 8.42 Å². The number of fused-ring (bicyclic) bond motifs is 1. The third kappa shape index (κ3) is 3.17. The number of benzene rings is 1. The summed E-state index contributed by atoms with van der Waals surface area (Å²) in [6.45, 7) is 4.41. The maximum Gasteiger partial charge on any atom is 0.238 e. The second-order valence-corrected chi connectivity index (χ2v) is 6.93. The predicted octanol–water partition coefficient (Wildman–Crippen LogP) is 1.61. The number of primary sulfonamides is 1. The molecule has 3 rings (SSSR count). The van der Waals surface area contributed by atoms with Crippen molar-refractivity contribution in [2.24, 2.45) is 5.14 Å². The lowest BCUT2D eigenvalue weighted by Crippen LogP contribution is -2.12. The van der Waals surface area contributed by atoms with Gasteiger partial charge in [-0.15, -0.1) is 0 Å². The van der Waals surface area contributed by atoms with Crippen LogP contribution in [-0.2, 0) is 16.6 Å². The Bertz CT molecular complexity index is 961. The molecule has 3 aromatic rings. The van der Waals surface area contributed by atoms with Gasteiger partial charge in [-0.3, -0.25) is 4.40 Å². The number of nitrogens with zero attached hydrogens (tertiary/aromatic N) is 3. The Kier molecular flexibility index (Phi) is 3.78. The molecule has 0 spiro atoms. The number of sulfonamides is 1. The predicted molar refractivity (Wildman–Crippen MR) is 87.6 cm³/mol. The average molecular weight is 331 g/mol. The number of nitrogens with one attached hydrogen (secondary N) is 1. The largest absolute Gasteiger partial charge is 0.363 e. The molecule has 3 N–H and O–H groups in total. The van der Waals surface area contributed by atoms with Crippen LogP contribution in [0, 0.1) is 13.8 Å². The van der Waals surface area contributed by atoms with Crippen molar-refractivity contribution in [3.63, 3.8) is 0 Å². The fraction of sp³-hybridized carbons (Fsp3) is 0.200. The van der Waals surface area contributed by atoms with E-state index in [0.717, 1.165) is 22.6 Å². The van der Waals surface area contributed by atoms with E-state index in [0.29, 0.717) is 12.4 Å². The van der Waals surface area contributed by atoms with Crippen molar-refractivity contribution < 1.29 is 8.42 Å². The molecular weight excluding hydrogens is 314 g/mol. The lowest BCUT2D eigenvalue weighted by molar-refractivity contribution is 0.598. The van der Waals surface area contributed by atoms with Crippen LogP contribution in [-0.4, -0.2) is 22.8 Å². The van der Waals surface area contributed by atoms with Crippen LogP contribution in [0.2, 0.25) is 0 Å². The monoisotopic (exact) mass is 331 g/mol. The quantitative estimate of drug-likeness (QED) is 0.756. The first kappa shape index (κ1) is 15.4. The molecular formula is C15H17N5O2S. The Morgan fingerprint density at radius 2 is 1.91 bits per heavy atom. The zero-order valence-corrected chi connectivity index (χ0v) is 13.6. The van der Waals surface area contributed by atoms with E-state index in [1.807, 2.05) is 24.4 Å². The van der Waals surface area contributed by atoms with Crippen LogP contribution in [0.5, 0.6) is 0 Å². The zero-order chi connectivity index (χ0) is 16.6. The number of anilines is 1. The van der Waals surface area contributed by atoms with Gasteiger partial charge in [0.25, 0.3) is 0 Å². The average Bonchev–Trinajstić information content (AvgIpc) is 2.86. The summed E-state index contributed by atoms with van der Waals surface area (Å²) >= 11 is 0. The number of hydrogen-bond acceptors (Lipinski definition) is 5. The molecule has 0 saturated heterocycles. The van der Waals surface area contributed by atoms with Gasteiger partial charge in [0.1, 0.15) is 0 Å². The lowest BCUT2D eigenvalue weighted by atomic mass is 10.2. The van der Waals surface area contributed by atoms with Gasteiger partial charge in [0, 0.05) is 24.6 Å². The first-order valence-corrected chi connectivity index (χ1v) is 8.56. The highest BCUT2D eigenvalue weighted by atomic mass is 32.2. The van der Waals surface area contributed by atoms with Gasteiger partial charge in [-0.25, -0.2) is 23.5 Å². The molecule has 0 fully saturated rings. The van der Waals surface area contributed by atoms with Gasteiger partial charge >= 0.3 is 0 Å². The Hall–Kier alpha value is -2.45. The van der Waals surface area contributed by atoms with Gasteiger partial charge in [-0.05, 0) is 31.5 Å². The van der Waals surface area contributed by atoms with Crippen LogP contribution in [0.4, 0.5) is 5.82 Å². The Balaban J connectivity index is 1.84. The standard InChI is InChI=1S/C15H17N5O2S/c1-10-9-20-11(2)7-18-15(20)14(19-10)17-8-12-3-5-13(6-4-12)23(16,21)22/h3-7,9H,8H2,1-2H3,(H,17,19)(H2,16,21,22). The third-order valence-corrected chi connectivity index (χ3v) is 4.44. The molecule has 2 aromatic heterocycles. The van der Waals surface area contributed by atoms with Crippen LogP contribution < -0.4 is 10.5 Å². The molecule has 0 bridgehead atoms. The minimum Gasteiger partial charge on any atom is -0.363 e. The molecule has 1 aromatic carbocycles. The van der Waals surface area contributed by atoms with Gasteiger partial charge in [-0.2, -0.15) is 0 Å².